The smallest absolute Gasteiger partial charge is 0.138 e. The summed E-state index contributed by atoms with van der Waals surface area (Å²) in [4.78, 5) is 10.2. The van der Waals surface area contributed by atoms with Crippen molar-refractivity contribution in [1.29, 1.82) is 0 Å². The van der Waals surface area contributed by atoms with Crippen LogP contribution in [0.2, 0.25) is 0 Å². The normalized spacial score (nSPS) is 17.6. The lowest BCUT2D eigenvalue weighted by molar-refractivity contribution is 0.775. The fourth-order valence-corrected chi connectivity index (χ4v) is 7.55. The van der Waals surface area contributed by atoms with Crippen LogP contribution in [-0.4, -0.2) is 15.8 Å². The maximum absolute atomic E-state index is 5.54. The third kappa shape index (κ3) is 4.74. The number of pyridine rings is 1. The summed E-state index contributed by atoms with van der Waals surface area (Å²) in [6.07, 6.45) is 23.7. The number of aromatic nitrogens is 2. The fraction of sp³-hybridized carbons (Fsp3) is 0.111. The van der Waals surface area contributed by atoms with E-state index in [0.717, 1.165) is 50.5 Å². The molecule has 2 aromatic carbocycles. The van der Waals surface area contributed by atoms with Crippen LogP contribution >= 0.6 is 0 Å². The molecule has 0 saturated carbocycles. The molecule has 1 atom stereocenters. The number of rotatable bonds is 10. The summed E-state index contributed by atoms with van der Waals surface area (Å²) >= 11 is 0. The first kappa shape index (κ1) is 32.2. The summed E-state index contributed by atoms with van der Waals surface area (Å²) in [6, 6.07) is 19.6. The molecule has 3 heteroatoms. The van der Waals surface area contributed by atoms with Crippen LogP contribution in [0.15, 0.2) is 169 Å². The first-order valence-corrected chi connectivity index (χ1v) is 16.3. The predicted molar refractivity (Wildman–Crippen MR) is 208 cm³/mol. The Hall–Kier alpha value is -5.80. The topological polar surface area (TPSA) is 30.2 Å². The molecule has 236 valence electrons. The molecule has 0 amide bonds. The van der Waals surface area contributed by atoms with Gasteiger partial charge in [0.15, 0.2) is 0 Å². The van der Waals surface area contributed by atoms with Crippen LogP contribution in [0, 0.1) is 6.92 Å². The van der Waals surface area contributed by atoms with Crippen molar-refractivity contribution in [3.8, 4) is 17.1 Å². The molecule has 48 heavy (non-hydrogen) atoms. The summed E-state index contributed by atoms with van der Waals surface area (Å²) in [5, 5.41) is 1.14. The van der Waals surface area contributed by atoms with E-state index in [1.54, 1.807) is 24.4 Å². The standard InChI is InChI=1S/C45H41N3/c1-9-15-23-41-31(8)34-25-24-32(40(20-12-4)46-28-13-5)29-42(34)48(41)43-27-26-39-44(47-43)35-21-16-17-22-38(35)45(39)36(14-6)33(18-10-2)30(7)37(45)19-11-3/h9-29H,1,4-6H2,2-3,7-8H3/b18-10-,19-11-,23-15-,40-20-,46-28-. The SMILES string of the molecule is C=C/C=C\c1c(C)c2ccc(C(=C/C=C)/N=C\C=C)cc2n1-c1ccc2c(n1)-c1ccccc1C21C(C=C)=C(/C=C\C)C(C)=C1/C=C\C. The lowest BCUT2D eigenvalue weighted by atomic mass is 9.69. The molecule has 1 spiro atoms. The highest BCUT2D eigenvalue weighted by molar-refractivity contribution is 5.94. The number of benzene rings is 2. The van der Waals surface area contributed by atoms with Gasteiger partial charge in [0.2, 0.25) is 0 Å². The van der Waals surface area contributed by atoms with Gasteiger partial charge >= 0.3 is 0 Å². The monoisotopic (exact) mass is 623 g/mol. The zero-order valence-electron chi connectivity index (χ0n) is 28.3. The zero-order valence-corrected chi connectivity index (χ0v) is 28.3. The summed E-state index contributed by atoms with van der Waals surface area (Å²) in [6.45, 7) is 24.6. The van der Waals surface area contributed by atoms with E-state index in [2.05, 4.69) is 149 Å². The van der Waals surface area contributed by atoms with E-state index in [0.29, 0.717) is 0 Å². The maximum Gasteiger partial charge on any atom is 0.138 e. The maximum atomic E-state index is 5.54. The number of hydrogen-bond acceptors (Lipinski definition) is 2. The number of hydrogen-bond donors (Lipinski definition) is 0. The number of fused-ring (bicyclic) bond motifs is 6. The second kappa shape index (κ2) is 13.1. The van der Waals surface area contributed by atoms with E-state index >= 15 is 0 Å². The van der Waals surface area contributed by atoms with E-state index < -0.39 is 5.41 Å². The van der Waals surface area contributed by atoms with Crippen LogP contribution in [0.5, 0.6) is 0 Å². The molecule has 0 aliphatic heterocycles. The second-order valence-electron chi connectivity index (χ2n) is 11.9. The van der Waals surface area contributed by atoms with Crippen molar-refractivity contribution >= 4 is 28.9 Å². The van der Waals surface area contributed by atoms with Crippen molar-refractivity contribution in [2.75, 3.05) is 0 Å². The minimum atomic E-state index is -0.508. The van der Waals surface area contributed by atoms with Crippen molar-refractivity contribution in [2.24, 2.45) is 4.99 Å². The van der Waals surface area contributed by atoms with Gasteiger partial charge in [-0.3, -0.25) is 9.56 Å². The summed E-state index contributed by atoms with van der Waals surface area (Å²) in [5.41, 5.74) is 14.0. The Morgan fingerprint density at radius 3 is 2.33 bits per heavy atom. The van der Waals surface area contributed by atoms with Gasteiger partial charge in [-0.15, -0.1) is 0 Å². The Kier molecular flexibility index (Phi) is 8.80. The molecule has 3 nitrogen and oxygen atoms in total. The molecule has 2 aliphatic carbocycles. The summed E-state index contributed by atoms with van der Waals surface area (Å²) in [7, 11) is 0. The molecule has 4 aromatic rings. The van der Waals surface area contributed by atoms with Gasteiger partial charge in [0.1, 0.15) is 5.82 Å². The molecule has 1 unspecified atom stereocenters. The van der Waals surface area contributed by atoms with E-state index in [1.165, 1.54) is 33.4 Å². The lowest BCUT2D eigenvalue weighted by Gasteiger charge is -2.32. The van der Waals surface area contributed by atoms with Crippen molar-refractivity contribution in [3.05, 3.63) is 192 Å². The molecule has 0 radical (unpaired) electrons. The van der Waals surface area contributed by atoms with Crippen LogP contribution in [0.25, 0.3) is 39.8 Å². The van der Waals surface area contributed by atoms with Crippen LogP contribution < -0.4 is 0 Å². The van der Waals surface area contributed by atoms with Gasteiger partial charge in [-0.25, -0.2) is 4.98 Å². The van der Waals surface area contributed by atoms with Crippen LogP contribution in [0.3, 0.4) is 0 Å². The van der Waals surface area contributed by atoms with Gasteiger partial charge < -0.3 is 0 Å². The van der Waals surface area contributed by atoms with Gasteiger partial charge in [-0.1, -0.05) is 123 Å². The molecule has 0 fully saturated rings. The van der Waals surface area contributed by atoms with Crippen LogP contribution in [0.1, 0.15) is 48.7 Å². The molecular formula is C45H41N3. The minimum absolute atomic E-state index is 0.508. The molecular weight excluding hydrogens is 583 g/mol. The second-order valence-corrected chi connectivity index (χ2v) is 11.9. The molecule has 0 N–H and O–H groups in total. The number of allylic oxidation sites excluding steroid dienone is 14. The fourth-order valence-electron chi connectivity index (χ4n) is 7.55. The third-order valence-electron chi connectivity index (χ3n) is 9.43. The number of aryl methyl sites for hydroxylation is 1. The largest absolute Gasteiger partial charge is 0.294 e. The first-order valence-electron chi connectivity index (χ1n) is 16.3. The van der Waals surface area contributed by atoms with E-state index in [9.17, 15) is 0 Å². The van der Waals surface area contributed by atoms with Crippen molar-refractivity contribution in [3.63, 3.8) is 0 Å². The molecule has 2 aromatic heterocycles. The minimum Gasteiger partial charge on any atom is -0.294 e. The Labute approximate surface area is 284 Å². The van der Waals surface area contributed by atoms with E-state index in [4.69, 9.17) is 4.98 Å². The van der Waals surface area contributed by atoms with Gasteiger partial charge in [0.05, 0.1) is 28.0 Å². The van der Waals surface area contributed by atoms with Crippen molar-refractivity contribution in [1.82, 2.24) is 9.55 Å². The molecule has 6 rings (SSSR count). The Morgan fingerprint density at radius 2 is 1.62 bits per heavy atom. The highest BCUT2D eigenvalue weighted by atomic mass is 15.1. The molecule has 0 bridgehead atoms. The van der Waals surface area contributed by atoms with Gasteiger partial charge in [0, 0.05) is 22.7 Å². The van der Waals surface area contributed by atoms with Gasteiger partial charge in [-0.2, -0.15) is 0 Å². The zero-order chi connectivity index (χ0) is 34.0. The van der Waals surface area contributed by atoms with E-state index in [1.807, 2.05) is 18.2 Å². The highest BCUT2D eigenvalue weighted by Crippen LogP contribution is 2.61. The average Bonchev–Trinajstić information content (AvgIpc) is 3.64. The average molecular weight is 624 g/mol. The van der Waals surface area contributed by atoms with Crippen LogP contribution in [-0.2, 0) is 5.41 Å². The highest BCUT2D eigenvalue weighted by Gasteiger charge is 2.52. The summed E-state index contributed by atoms with van der Waals surface area (Å²) in [5.74, 6) is 0.840. The first-order chi connectivity index (χ1) is 23.4. The molecule has 2 aliphatic rings. The van der Waals surface area contributed by atoms with Crippen molar-refractivity contribution in [2.45, 2.75) is 33.1 Å². The summed E-state index contributed by atoms with van der Waals surface area (Å²) < 4.78 is 2.25. The van der Waals surface area contributed by atoms with Gasteiger partial charge in [-0.05, 0) is 91.0 Å². The van der Waals surface area contributed by atoms with Gasteiger partial charge in [0.25, 0.3) is 0 Å². The predicted octanol–water partition coefficient (Wildman–Crippen LogP) is 11.5. The molecule has 2 heterocycles. The third-order valence-corrected chi connectivity index (χ3v) is 9.43. The number of aliphatic imine (C=N–C) groups is 1. The Bertz CT molecular complexity index is 2230. The van der Waals surface area contributed by atoms with E-state index in [-0.39, 0.29) is 0 Å². The van der Waals surface area contributed by atoms with Crippen molar-refractivity contribution < 1.29 is 0 Å². The Morgan fingerprint density at radius 1 is 0.833 bits per heavy atom. The Balaban J connectivity index is 1.69. The molecule has 0 saturated heterocycles. The number of nitrogens with zero attached hydrogens (tertiary/aromatic N) is 3. The van der Waals surface area contributed by atoms with Crippen LogP contribution in [0.4, 0.5) is 0 Å². The quantitative estimate of drug-likeness (QED) is 0.128. The lowest BCUT2D eigenvalue weighted by Crippen LogP contribution is -2.27.